The Bertz CT molecular complexity index is 1360. The molecule has 9 nitrogen and oxygen atoms in total. The number of amides is 3. The number of imidazole rings is 1. The van der Waals surface area contributed by atoms with Crippen molar-refractivity contribution in [2.75, 3.05) is 26.2 Å². The highest BCUT2D eigenvalue weighted by Gasteiger charge is 2.37. The molecule has 0 bridgehead atoms. The van der Waals surface area contributed by atoms with Gasteiger partial charge in [-0.05, 0) is 30.9 Å². The van der Waals surface area contributed by atoms with Crippen LogP contribution in [0.2, 0.25) is 0 Å². The van der Waals surface area contributed by atoms with Gasteiger partial charge in [0.2, 0.25) is 5.91 Å². The molecule has 3 amide bonds. The lowest BCUT2D eigenvalue weighted by Crippen LogP contribution is -2.63. The minimum Gasteiger partial charge on any atom is -0.354 e. The number of urea groups is 1. The number of hydrogen-bond acceptors (Lipinski definition) is 4. The molecule has 0 radical (unpaired) electrons. The second-order valence-corrected chi connectivity index (χ2v) is 11.4. The molecular weight excluding hydrogens is 526 g/mol. The number of benzene rings is 2. The van der Waals surface area contributed by atoms with Crippen molar-refractivity contribution in [2.24, 2.45) is 0 Å². The monoisotopic (exact) mass is 567 g/mol. The van der Waals surface area contributed by atoms with E-state index in [1.54, 1.807) is 11.2 Å². The Hall–Kier alpha value is -4.16. The zero-order valence-electron chi connectivity index (χ0n) is 24.4. The van der Waals surface area contributed by atoms with Crippen LogP contribution in [0.15, 0.2) is 67.1 Å². The summed E-state index contributed by atoms with van der Waals surface area (Å²) in [4.78, 5) is 38.9. The Labute approximate surface area is 248 Å². The average Bonchev–Trinajstić information content (AvgIpc) is 3.48. The largest absolute Gasteiger partial charge is 0.354 e. The van der Waals surface area contributed by atoms with Gasteiger partial charge < -0.3 is 20.1 Å². The van der Waals surface area contributed by atoms with Gasteiger partial charge in [-0.2, -0.15) is 0 Å². The van der Waals surface area contributed by atoms with E-state index in [-0.39, 0.29) is 24.0 Å². The molecule has 220 valence electrons. The summed E-state index contributed by atoms with van der Waals surface area (Å²) in [6.45, 7) is 12.1. The van der Waals surface area contributed by atoms with Crippen LogP contribution in [0.1, 0.15) is 61.9 Å². The van der Waals surface area contributed by atoms with Gasteiger partial charge in [-0.3, -0.25) is 9.69 Å². The molecule has 2 aliphatic rings. The van der Waals surface area contributed by atoms with Crippen LogP contribution in [0.4, 0.5) is 10.5 Å². The molecule has 1 aliphatic heterocycles. The van der Waals surface area contributed by atoms with E-state index in [4.69, 9.17) is 6.57 Å². The summed E-state index contributed by atoms with van der Waals surface area (Å²) < 4.78 is 2.06. The van der Waals surface area contributed by atoms with Crippen molar-refractivity contribution in [3.8, 4) is 0 Å². The minimum absolute atomic E-state index is 0.125. The van der Waals surface area contributed by atoms with Crippen molar-refractivity contribution >= 4 is 17.6 Å². The second-order valence-electron chi connectivity index (χ2n) is 11.4. The molecule has 1 saturated carbocycles. The summed E-state index contributed by atoms with van der Waals surface area (Å²) in [6, 6.07) is 17.5. The van der Waals surface area contributed by atoms with Gasteiger partial charge in [-0.25, -0.2) is 14.6 Å². The number of piperazine rings is 1. The fourth-order valence-corrected chi connectivity index (χ4v) is 6.07. The van der Waals surface area contributed by atoms with Crippen LogP contribution < -0.4 is 10.6 Å². The number of aromatic nitrogens is 2. The third kappa shape index (κ3) is 7.37. The number of carbonyl (C=O) groups is 2. The molecular formula is C33H41N7O2. The first-order valence-corrected chi connectivity index (χ1v) is 15.1. The van der Waals surface area contributed by atoms with Crippen molar-refractivity contribution in [2.45, 2.75) is 70.1 Å². The maximum atomic E-state index is 13.7. The van der Waals surface area contributed by atoms with Gasteiger partial charge in [0.15, 0.2) is 5.69 Å². The molecule has 9 heteroatoms. The SMILES string of the molecule is [C-]#[N+]c1ccc(Cn2cncc2CCNC(=O)[C@H]2CN(C(C)c3ccccc3)CCN2C(=O)NC2CCCCC2)cc1. The van der Waals surface area contributed by atoms with Gasteiger partial charge >= 0.3 is 6.03 Å². The predicted octanol–water partition coefficient (Wildman–Crippen LogP) is 4.93. The Morgan fingerprint density at radius 2 is 1.81 bits per heavy atom. The zero-order valence-corrected chi connectivity index (χ0v) is 24.4. The van der Waals surface area contributed by atoms with Crippen molar-refractivity contribution in [1.82, 2.24) is 30.0 Å². The summed E-state index contributed by atoms with van der Waals surface area (Å²) in [5, 5.41) is 6.35. The molecule has 1 aliphatic carbocycles. The predicted molar refractivity (Wildman–Crippen MR) is 163 cm³/mol. The van der Waals surface area contributed by atoms with Crippen LogP contribution in [0.5, 0.6) is 0 Å². The summed E-state index contributed by atoms with van der Waals surface area (Å²) >= 11 is 0. The first kappa shape index (κ1) is 29.3. The van der Waals surface area contributed by atoms with Gasteiger partial charge in [0.25, 0.3) is 0 Å². The van der Waals surface area contributed by atoms with Crippen LogP contribution >= 0.6 is 0 Å². The van der Waals surface area contributed by atoms with Gasteiger partial charge in [0, 0.05) is 63.1 Å². The number of nitrogens with zero attached hydrogens (tertiary/aromatic N) is 5. The summed E-state index contributed by atoms with van der Waals surface area (Å²) in [7, 11) is 0. The molecule has 2 fully saturated rings. The Kier molecular flexibility index (Phi) is 9.88. The summed E-state index contributed by atoms with van der Waals surface area (Å²) in [5.74, 6) is -0.125. The van der Waals surface area contributed by atoms with Gasteiger partial charge in [-0.1, -0.05) is 73.9 Å². The van der Waals surface area contributed by atoms with Crippen molar-refractivity contribution in [3.63, 3.8) is 0 Å². The lowest BCUT2D eigenvalue weighted by atomic mass is 9.95. The normalized spacial score (nSPS) is 18.7. The Balaban J connectivity index is 1.22. The van der Waals surface area contributed by atoms with Gasteiger partial charge in [0.1, 0.15) is 6.04 Å². The molecule has 3 aromatic rings. The van der Waals surface area contributed by atoms with E-state index in [0.29, 0.717) is 44.8 Å². The van der Waals surface area contributed by atoms with E-state index in [2.05, 4.69) is 49.0 Å². The third-order valence-electron chi connectivity index (χ3n) is 8.64. The average molecular weight is 568 g/mol. The first-order chi connectivity index (χ1) is 20.5. The smallest absolute Gasteiger partial charge is 0.318 e. The van der Waals surface area contributed by atoms with Gasteiger partial charge in [0.05, 0.1) is 12.9 Å². The Morgan fingerprint density at radius 1 is 1.05 bits per heavy atom. The van der Waals surface area contributed by atoms with Crippen LogP contribution in [0, 0.1) is 6.57 Å². The molecule has 2 heterocycles. The fraction of sp³-hybridized carbons (Fsp3) is 0.455. The van der Waals surface area contributed by atoms with Gasteiger partial charge in [-0.15, -0.1) is 0 Å². The molecule has 5 rings (SSSR count). The standard InChI is InChI=1S/C33H41N7O2/c1-25(27-9-5-3-6-10-27)38-19-20-40(33(42)37-29-11-7-4-8-12-29)31(23-38)32(41)36-18-17-30-21-35-24-39(30)22-26-13-15-28(34-2)16-14-26/h3,5-6,9-10,13-16,21,24-25,29,31H,4,7-8,11-12,17-20,22-23H2,1H3,(H,36,41)(H,37,42)/t25?,31-/m1/s1. The lowest BCUT2D eigenvalue weighted by Gasteiger charge is -2.43. The summed E-state index contributed by atoms with van der Waals surface area (Å²) in [6.07, 6.45) is 9.75. The molecule has 2 N–H and O–H groups in total. The van der Waals surface area contributed by atoms with Crippen molar-refractivity contribution in [3.05, 3.63) is 95.4 Å². The van der Waals surface area contributed by atoms with E-state index in [1.807, 2.05) is 48.7 Å². The van der Waals surface area contributed by atoms with E-state index < -0.39 is 6.04 Å². The number of nitrogens with one attached hydrogen (secondary N) is 2. The van der Waals surface area contributed by atoms with E-state index in [1.165, 1.54) is 12.0 Å². The second kappa shape index (κ2) is 14.1. The molecule has 1 aromatic heterocycles. The summed E-state index contributed by atoms with van der Waals surface area (Å²) in [5.41, 5.74) is 3.92. The number of carbonyl (C=O) groups excluding carboxylic acids is 2. The Morgan fingerprint density at radius 3 is 2.55 bits per heavy atom. The van der Waals surface area contributed by atoms with Crippen LogP contribution in [0.25, 0.3) is 4.85 Å². The molecule has 1 saturated heterocycles. The number of rotatable bonds is 9. The van der Waals surface area contributed by atoms with E-state index >= 15 is 0 Å². The van der Waals surface area contributed by atoms with Crippen molar-refractivity contribution in [1.29, 1.82) is 0 Å². The van der Waals surface area contributed by atoms with E-state index in [0.717, 1.165) is 36.9 Å². The highest BCUT2D eigenvalue weighted by atomic mass is 16.2. The fourth-order valence-electron chi connectivity index (χ4n) is 6.07. The topological polar surface area (TPSA) is 86.9 Å². The lowest BCUT2D eigenvalue weighted by molar-refractivity contribution is -0.127. The van der Waals surface area contributed by atoms with Crippen LogP contribution in [-0.2, 0) is 17.8 Å². The number of hydrogen-bond donors (Lipinski definition) is 2. The minimum atomic E-state index is -0.570. The molecule has 0 spiro atoms. The highest BCUT2D eigenvalue weighted by Crippen LogP contribution is 2.25. The van der Waals surface area contributed by atoms with Crippen LogP contribution in [-0.4, -0.2) is 69.6 Å². The first-order valence-electron chi connectivity index (χ1n) is 15.1. The van der Waals surface area contributed by atoms with E-state index in [9.17, 15) is 9.59 Å². The molecule has 2 aromatic carbocycles. The quantitative estimate of drug-likeness (QED) is 0.359. The highest BCUT2D eigenvalue weighted by molar-refractivity contribution is 5.87. The van der Waals surface area contributed by atoms with Crippen LogP contribution in [0.3, 0.4) is 0 Å². The maximum Gasteiger partial charge on any atom is 0.318 e. The third-order valence-corrected chi connectivity index (χ3v) is 8.64. The zero-order chi connectivity index (χ0) is 29.3. The maximum absolute atomic E-state index is 13.7. The molecule has 42 heavy (non-hydrogen) atoms. The molecule has 2 atom stereocenters. The van der Waals surface area contributed by atoms with Crippen molar-refractivity contribution < 1.29 is 9.59 Å². The molecule has 1 unspecified atom stereocenters.